The van der Waals surface area contributed by atoms with E-state index < -0.39 is 0 Å². The molecule has 1 saturated carbocycles. The molecular weight excluding hydrogens is 204 g/mol. The predicted octanol–water partition coefficient (Wildman–Crippen LogP) is 1.97. The molecule has 0 aromatic carbocycles. The summed E-state index contributed by atoms with van der Waals surface area (Å²) in [5.41, 5.74) is 0.767. The number of aliphatic hydroxyl groups is 1. The van der Waals surface area contributed by atoms with Crippen molar-refractivity contribution in [3.8, 4) is 0 Å². The van der Waals surface area contributed by atoms with Crippen molar-refractivity contribution < 1.29 is 14.6 Å². The van der Waals surface area contributed by atoms with Gasteiger partial charge in [0.1, 0.15) is 6.61 Å². The van der Waals surface area contributed by atoms with E-state index in [-0.39, 0.29) is 17.3 Å². The van der Waals surface area contributed by atoms with Crippen molar-refractivity contribution in [3.63, 3.8) is 0 Å². The molecule has 0 radical (unpaired) electrons. The van der Waals surface area contributed by atoms with Gasteiger partial charge in [0.15, 0.2) is 11.5 Å². The first-order chi connectivity index (χ1) is 7.59. The highest BCUT2D eigenvalue weighted by molar-refractivity contribution is 5.95. The number of ether oxygens (including phenoxy) is 1. The molecule has 0 aromatic rings. The minimum absolute atomic E-state index is 0.0726. The molecule has 0 bridgehead atoms. The lowest BCUT2D eigenvalue weighted by atomic mass is 9.73. The van der Waals surface area contributed by atoms with Crippen LogP contribution in [0.15, 0.2) is 24.0 Å². The Morgan fingerprint density at radius 1 is 1.62 bits per heavy atom. The van der Waals surface area contributed by atoms with E-state index in [0.717, 1.165) is 24.8 Å². The van der Waals surface area contributed by atoms with Gasteiger partial charge in [-0.05, 0) is 24.8 Å². The minimum atomic E-state index is -0.335. The van der Waals surface area contributed by atoms with Gasteiger partial charge in [0, 0.05) is 11.8 Å². The number of fused-ring (bicyclic) bond motifs is 1. The predicted molar refractivity (Wildman–Crippen MR) is 60.8 cm³/mol. The molecule has 3 heteroatoms. The zero-order valence-electron chi connectivity index (χ0n) is 9.66. The molecule has 1 N–H and O–H groups in total. The lowest BCUT2D eigenvalue weighted by Crippen LogP contribution is -2.34. The van der Waals surface area contributed by atoms with Gasteiger partial charge in [-0.2, -0.15) is 0 Å². The lowest BCUT2D eigenvalue weighted by molar-refractivity contribution is -0.120. The third-order valence-corrected chi connectivity index (χ3v) is 3.84. The highest BCUT2D eigenvalue weighted by Gasteiger charge is 2.47. The number of ketones is 1. The van der Waals surface area contributed by atoms with Crippen molar-refractivity contribution in [3.05, 3.63) is 24.0 Å². The number of aliphatic hydroxyl groups excluding tert-OH is 1. The largest absolute Gasteiger partial charge is 0.486 e. The quantitative estimate of drug-likeness (QED) is 0.742. The third-order valence-electron chi connectivity index (χ3n) is 3.84. The molecule has 2 rings (SSSR count). The fourth-order valence-corrected chi connectivity index (χ4v) is 2.74. The van der Waals surface area contributed by atoms with Crippen molar-refractivity contribution in [1.29, 1.82) is 0 Å². The Bertz CT molecular complexity index is 356. The SMILES string of the molecule is C=CCOC1=C2CC[C@@H](O)[C@@]2(C)CCC1=O. The molecule has 0 saturated heterocycles. The van der Waals surface area contributed by atoms with E-state index in [0.29, 0.717) is 18.8 Å². The van der Waals surface area contributed by atoms with Gasteiger partial charge in [0.25, 0.3) is 0 Å². The van der Waals surface area contributed by atoms with Gasteiger partial charge in [-0.25, -0.2) is 0 Å². The van der Waals surface area contributed by atoms with E-state index in [2.05, 4.69) is 6.58 Å². The Labute approximate surface area is 95.8 Å². The molecule has 0 aromatic heterocycles. The van der Waals surface area contributed by atoms with Crippen LogP contribution in [0, 0.1) is 5.41 Å². The van der Waals surface area contributed by atoms with Crippen LogP contribution in [0.4, 0.5) is 0 Å². The van der Waals surface area contributed by atoms with Crippen LogP contribution in [-0.2, 0) is 9.53 Å². The molecule has 16 heavy (non-hydrogen) atoms. The highest BCUT2D eigenvalue weighted by Crippen LogP contribution is 2.50. The number of hydrogen-bond acceptors (Lipinski definition) is 3. The molecule has 0 aliphatic heterocycles. The minimum Gasteiger partial charge on any atom is -0.486 e. The second-order valence-corrected chi connectivity index (χ2v) is 4.80. The second-order valence-electron chi connectivity index (χ2n) is 4.80. The third kappa shape index (κ3) is 1.59. The molecule has 2 atom stereocenters. The van der Waals surface area contributed by atoms with E-state index >= 15 is 0 Å². The maximum absolute atomic E-state index is 11.8. The highest BCUT2D eigenvalue weighted by atomic mass is 16.5. The van der Waals surface area contributed by atoms with Crippen LogP contribution >= 0.6 is 0 Å². The van der Waals surface area contributed by atoms with Crippen LogP contribution in [-0.4, -0.2) is 23.6 Å². The molecule has 0 unspecified atom stereocenters. The molecule has 0 spiro atoms. The van der Waals surface area contributed by atoms with Crippen molar-refractivity contribution >= 4 is 5.78 Å². The second kappa shape index (κ2) is 4.06. The number of hydrogen-bond donors (Lipinski definition) is 1. The van der Waals surface area contributed by atoms with Gasteiger partial charge in [0.2, 0.25) is 0 Å². The van der Waals surface area contributed by atoms with E-state index in [4.69, 9.17) is 4.74 Å². The van der Waals surface area contributed by atoms with Gasteiger partial charge in [-0.3, -0.25) is 4.79 Å². The van der Waals surface area contributed by atoms with E-state index in [9.17, 15) is 9.90 Å². The molecule has 2 aliphatic carbocycles. The zero-order chi connectivity index (χ0) is 11.8. The van der Waals surface area contributed by atoms with Gasteiger partial charge in [0.05, 0.1) is 6.10 Å². The summed E-state index contributed by atoms with van der Waals surface area (Å²) in [5.74, 6) is 0.564. The van der Waals surface area contributed by atoms with Crippen LogP contribution in [0.5, 0.6) is 0 Å². The van der Waals surface area contributed by atoms with Gasteiger partial charge in [-0.1, -0.05) is 19.6 Å². The molecule has 2 aliphatic rings. The van der Waals surface area contributed by atoms with Crippen molar-refractivity contribution in [1.82, 2.24) is 0 Å². The molecule has 0 amide bonds. The fraction of sp³-hybridized carbons (Fsp3) is 0.615. The first-order valence-electron chi connectivity index (χ1n) is 5.78. The maximum atomic E-state index is 11.8. The summed E-state index contributed by atoms with van der Waals surface area (Å²) < 4.78 is 5.47. The van der Waals surface area contributed by atoms with Crippen LogP contribution in [0.1, 0.15) is 32.6 Å². The van der Waals surface area contributed by atoms with Gasteiger partial charge >= 0.3 is 0 Å². The summed E-state index contributed by atoms with van der Waals surface area (Å²) in [6.07, 6.45) is 4.03. The Hall–Kier alpha value is -1.09. The molecule has 0 heterocycles. The number of carbonyl (C=O) groups excluding carboxylic acids is 1. The molecular formula is C13H18O3. The van der Waals surface area contributed by atoms with Crippen LogP contribution in [0.25, 0.3) is 0 Å². The molecule has 1 fully saturated rings. The summed E-state index contributed by atoms with van der Waals surface area (Å²) in [7, 11) is 0. The fourth-order valence-electron chi connectivity index (χ4n) is 2.74. The number of rotatable bonds is 3. The number of carbonyl (C=O) groups is 1. The van der Waals surface area contributed by atoms with Crippen molar-refractivity contribution in [2.75, 3.05) is 6.61 Å². The summed E-state index contributed by atoms with van der Waals surface area (Å²) in [6.45, 7) is 5.97. The Morgan fingerprint density at radius 2 is 2.38 bits per heavy atom. The van der Waals surface area contributed by atoms with Crippen LogP contribution in [0.2, 0.25) is 0 Å². The standard InChI is InChI=1S/C13H18O3/c1-3-8-16-12-9-4-5-11(15)13(9,2)7-6-10(12)14/h3,11,15H,1,4-8H2,2H3/t11-,13+/m1/s1. The number of Topliss-reactive ketones (excluding diaryl/α,β-unsaturated/α-hetero) is 1. The summed E-state index contributed by atoms with van der Waals surface area (Å²) in [6, 6.07) is 0. The van der Waals surface area contributed by atoms with Crippen LogP contribution in [0.3, 0.4) is 0 Å². The van der Waals surface area contributed by atoms with Crippen LogP contribution < -0.4 is 0 Å². The summed E-state index contributed by atoms with van der Waals surface area (Å²) in [4.78, 5) is 11.8. The maximum Gasteiger partial charge on any atom is 0.197 e. The average molecular weight is 222 g/mol. The molecule has 88 valence electrons. The zero-order valence-corrected chi connectivity index (χ0v) is 9.66. The first kappa shape index (κ1) is 11.4. The van der Waals surface area contributed by atoms with E-state index in [1.54, 1.807) is 6.08 Å². The van der Waals surface area contributed by atoms with E-state index in [1.807, 2.05) is 6.92 Å². The Kier molecular flexibility index (Phi) is 2.89. The van der Waals surface area contributed by atoms with E-state index in [1.165, 1.54) is 0 Å². The monoisotopic (exact) mass is 222 g/mol. The van der Waals surface area contributed by atoms with Gasteiger partial charge in [-0.15, -0.1) is 0 Å². The smallest absolute Gasteiger partial charge is 0.197 e. The topological polar surface area (TPSA) is 46.5 Å². The summed E-state index contributed by atoms with van der Waals surface area (Å²) >= 11 is 0. The Morgan fingerprint density at radius 3 is 3.06 bits per heavy atom. The lowest BCUT2D eigenvalue weighted by Gasteiger charge is -2.34. The Balaban J connectivity index is 2.35. The number of allylic oxidation sites excluding steroid dienone is 1. The summed E-state index contributed by atoms with van der Waals surface area (Å²) in [5, 5.41) is 9.99. The first-order valence-corrected chi connectivity index (χ1v) is 5.78. The van der Waals surface area contributed by atoms with Crippen molar-refractivity contribution in [2.45, 2.75) is 38.7 Å². The van der Waals surface area contributed by atoms with Crippen molar-refractivity contribution in [2.24, 2.45) is 5.41 Å². The normalized spacial score (nSPS) is 33.9. The van der Waals surface area contributed by atoms with Gasteiger partial charge < -0.3 is 9.84 Å². The average Bonchev–Trinajstić information content (AvgIpc) is 2.56. The molecule has 3 nitrogen and oxygen atoms in total.